The molecule has 0 spiro atoms. The van der Waals surface area contributed by atoms with E-state index in [-0.39, 0.29) is 18.1 Å². The Labute approximate surface area is 168 Å². The van der Waals surface area contributed by atoms with Gasteiger partial charge in [0.05, 0.1) is 11.8 Å². The van der Waals surface area contributed by atoms with Gasteiger partial charge in [-0.3, -0.25) is 9.59 Å². The Kier molecular flexibility index (Phi) is 4.78. The highest BCUT2D eigenvalue weighted by Gasteiger charge is 2.26. The number of ketones is 1. The topological polar surface area (TPSA) is 75.2 Å². The van der Waals surface area contributed by atoms with Crippen LogP contribution < -0.4 is 5.32 Å². The van der Waals surface area contributed by atoms with Crippen molar-refractivity contribution in [3.63, 3.8) is 0 Å². The number of aryl methyl sites for hydroxylation is 2. The number of rotatable bonds is 5. The van der Waals surface area contributed by atoms with Crippen LogP contribution in [0.15, 0.2) is 0 Å². The summed E-state index contributed by atoms with van der Waals surface area (Å²) in [5.74, 6) is 2.56. The smallest absolute Gasteiger partial charge is 0.230 e. The summed E-state index contributed by atoms with van der Waals surface area (Å²) in [7, 11) is 0. The lowest BCUT2D eigenvalue weighted by Gasteiger charge is -2.25. The second-order valence-corrected chi connectivity index (χ2v) is 9.38. The number of fused-ring (bicyclic) bond motifs is 3. The number of hydrogen-bond donors (Lipinski definition) is 1. The van der Waals surface area contributed by atoms with Crippen LogP contribution in [0.3, 0.4) is 0 Å². The van der Waals surface area contributed by atoms with E-state index in [2.05, 4.69) is 5.32 Å². The molecule has 2 fully saturated rings. The summed E-state index contributed by atoms with van der Waals surface area (Å²) >= 11 is 1.78. The number of Topliss-reactive ketones (excluding diaryl/α,β-unsaturated/α-hetero) is 1. The average molecular weight is 399 g/mol. The van der Waals surface area contributed by atoms with E-state index in [9.17, 15) is 9.59 Å². The first-order valence-corrected chi connectivity index (χ1v) is 11.3. The number of aromatic nitrogens is 2. The number of carbonyl (C=O) groups excluding carboxylic acids is 2. The number of amides is 1. The Morgan fingerprint density at radius 3 is 2.68 bits per heavy atom. The summed E-state index contributed by atoms with van der Waals surface area (Å²) in [4.78, 5) is 38.0. The third-order valence-corrected chi connectivity index (χ3v) is 7.28. The van der Waals surface area contributed by atoms with Gasteiger partial charge in [-0.1, -0.05) is 0 Å². The molecule has 0 unspecified atom stereocenters. The minimum Gasteiger partial charge on any atom is -0.369 e. The summed E-state index contributed by atoms with van der Waals surface area (Å²) in [6, 6.07) is 0. The van der Waals surface area contributed by atoms with Crippen LogP contribution in [0.1, 0.15) is 54.8 Å². The van der Waals surface area contributed by atoms with Crippen molar-refractivity contribution >= 4 is 39.1 Å². The number of likely N-dealkylation sites (tertiary alicyclic amines) is 1. The Bertz CT molecular complexity index is 924. The van der Waals surface area contributed by atoms with Crippen LogP contribution in [0.5, 0.6) is 0 Å². The number of nitrogens with zero attached hydrogens (tertiary/aromatic N) is 3. The molecule has 1 saturated heterocycles. The Morgan fingerprint density at radius 2 is 1.89 bits per heavy atom. The lowest BCUT2D eigenvalue weighted by Crippen LogP contribution is -2.39. The zero-order chi connectivity index (χ0) is 19.1. The zero-order valence-electron chi connectivity index (χ0n) is 16.1. The highest BCUT2D eigenvalue weighted by molar-refractivity contribution is 7.19. The predicted octanol–water partition coefficient (Wildman–Crippen LogP) is 3.13. The van der Waals surface area contributed by atoms with Crippen LogP contribution in [-0.2, 0) is 28.9 Å². The predicted molar refractivity (Wildman–Crippen MR) is 110 cm³/mol. The molecular weight excluding hydrogens is 372 g/mol. The van der Waals surface area contributed by atoms with E-state index >= 15 is 0 Å². The molecule has 5 rings (SSSR count). The fraction of sp³-hybridized carbons (Fsp3) is 0.619. The van der Waals surface area contributed by atoms with E-state index in [1.54, 1.807) is 16.2 Å². The standard InChI is InChI=1S/C21H26N4O2S/c26-14-7-9-25(10-8-14)18(27)11-17-23-20(22-12-13-5-6-13)19-15-3-1-2-4-16(15)28-21(19)24-17/h13H,1-12H2,(H,22,23,24). The van der Waals surface area contributed by atoms with Gasteiger partial charge in [0.2, 0.25) is 5.91 Å². The van der Waals surface area contributed by atoms with Gasteiger partial charge in [0, 0.05) is 37.4 Å². The molecule has 3 heterocycles. The van der Waals surface area contributed by atoms with Crippen molar-refractivity contribution in [2.45, 2.75) is 57.8 Å². The average Bonchev–Trinajstić information content (AvgIpc) is 3.45. The normalized spacial score (nSPS) is 19.7. The summed E-state index contributed by atoms with van der Waals surface area (Å²) in [5, 5.41) is 4.77. The van der Waals surface area contributed by atoms with Crippen LogP contribution >= 0.6 is 11.3 Å². The number of anilines is 1. The summed E-state index contributed by atoms with van der Waals surface area (Å²) in [5.41, 5.74) is 1.43. The van der Waals surface area contributed by atoms with Crippen molar-refractivity contribution in [2.24, 2.45) is 5.92 Å². The minimum atomic E-state index is 0.0290. The highest BCUT2D eigenvalue weighted by atomic mass is 32.1. The van der Waals surface area contributed by atoms with Gasteiger partial charge in [0.15, 0.2) is 0 Å². The van der Waals surface area contributed by atoms with Crippen molar-refractivity contribution in [3.05, 3.63) is 16.3 Å². The van der Waals surface area contributed by atoms with Gasteiger partial charge < -0.3 is 10.2 Å². The molecular formula is C21H26N4O2S. The lowest BCUT2D eigenvalue weighted by molar-refractivity contribution is -0.134. The number of piperidine rings is 1. The monoisotopic (exact) mass is 398 g/mol. The van der Waals surface area contributed by atoms with Crippen molar-refractivity contribution in [1.29, 1.82) is 0 Å². The number of nitrogens with one attached hydrogen (secondary N) is 1. The number of carbonyl (C=O) groups is 2. The van der Waals surface area contributed by atoms with Crippen LogP contribution in [0, 0.1) is 5.92 Å². The molecule has 0 atom stereocenters. The highest BCUT2D eigenvalue weighted by Crippen LogP contribution is 2.39. The number of thiophene rings is 1. The molecule has 7 heteroatoms. The maximum Gasteiger partial charge on any atom is 0.230 e. The SMILES string of the molecule is O=C1CCN(C(=O)Cc2nc(NCC3CC3)c3c4c(sc3n2)CCCC4)CC1. The van der Waals surface area contributed by atoms with Crippen LogP contribution in [0.4, 0.5) is 5.82 Å². The van der Waals surface area contributed by atoms with Crippen molar-refractivity contribution in [3.8, 4) is 0 Å². The van der Waals surface area contributed by atoms with Crippen LogP contribution in [0.2, 0.25) is 0 Å². The fourth-order valence-corrected chi connectivity index (χ4v) is 5.50. The largest absolute Gasteiger partial charge is 0.369 e. The van der Waals surface area contributed by atoms with Gasteiger partial charge >= 0.3 is 0 Å². The molecule has 0 radical (unpaired) electrons. The molecule has 2 aromatic heterocycles. The molecule has 6 nitrogen and oxygen atoms in total. The van der Waals surface area contributed by atoms with Gasteiger partial charge in [-0.15, -0.1) is 11.3 Å². The molecule has 0 bridgehead atoms. The molecule has 1 amide bonds. The first-order chi connectivity index (χ1) is 13.7. The summed E-state index contributed by atoms with van der Waals surface area (Å²) < 4.78 is 0. The quantitative estimate of drug-likeness (QED) is 0.837. The minimum absolute atomic E-state index is 0.0290. The van der Waals surface area contributed by atoms with E-state index in [4.69, 9.17) is 9.97 Å². The maximum atomic E-state index is 12.7. The first kappa shape index (κ1) is 18.0. The Balaban J connectivity index is 1.43. The molecule has 2 aliphatic carbocycles. The molecule has 1 N–H and O–H groups in total. The van der Waals surface area contributed by atoms with Gasteiger partial charge in [0.25, 0.3) is 0 Å². The zero-order valence-corrected chi connectivity index (χ0v) is 16.9. The molecule has 2 aromatic rings. The van der Waals surface area contributed by atoms with Crippen molar-refractivity contribution in [1.82, 2.24) is 14.9 Å². The van der Waals surface area contributed by atoms with Gasteiger partial charge in [-0.2, -0.15) is 0 Å². The van der Waals surface area contributed by atoms with Crippen LogP contribution in [0.25, 0.3) is 10.2 Å². The van der Waals surface area contributed by atoms with E-state index < -0.39 is 0 Å². The molecule has 3 aliphatic rings. The lowest BCUT2D eigenvalue weighted by atomic mass is 9.97. The van der Waals surface area contributed by atoms with Crippen LogP contribution in [-0.4, -0.2) is 46.2 Å². The van der Waals surface area contributed by atoms with Gasteiger partial charge in [0.1, 0.15) is 22.3 Å². The molecule has 148 valence electrons. The molecule has 1 aliphatic heterocycles. The number of hydrogen-bond acceptors (Lipinski definition) is 6. The van der Waals surface area contributed by atoms with E-state index in [1.807, 2.05) is 0 Å². The van der Waals surface area contributed by atoms with Crippen molar-refractivity contribution in [2.75, 3.05) is 25.0 Å². The summed E-state index contributed by atoms with van der Waals surface area (Å²) in [6.07, 6.45) is 8.46. The summed E-state index contributed by atoms with van der Waals surface area (Å²) in [6.45, 7) is 2.01. The Hall–Kier alpha value is -2.02. The second kappa shape index (κ2) is 7.43. The van der Waals surface area contributed by atoms with Crippen molar-refractivity contribution < 1.29 is 9.59 Å². The third-order valence-electron chi connectivity index (χ3n) is 6.10. The third kappa shape index (κ3) is 3.64. The molecule has 28 heavy (non-hydrogen) atoms. The first-order valence-electron chi connectivity index (χ1n) is 10.5. The van der Waals surface area contributed by atoms with E-state index in [1.165, 1.54) is 41.5 Å². The second-order valence-electron chi connectivity index (χ2n) is 8.30. The Morgan fingerprint density at radius 1 is 1.11 bits per heavy atom. The van der Waals surface area contributed by atoms with Gasteiger partial charge in [-0.25, -0.2) is 9.97 Å². The maximum absolute atomic E-state index is 12.7. The molecule has 1 saturated carbocycles. The molecule has 0 aromatic carbocycles. The van der Waals surface area contributed by atoms with Gasteiger partial charge in [-0.05, 0) is 50.0 Å². The fourth-order valence-electron chi connectivity index (χ4n) is 4.22. The van der Waals surface area contributed by atoms with E-state index in [0.29, 0.717) is 31.8 Å². The van der Waals surface area contributed by atoms with E-state index in [0.717, 1.165) is 36.0 Å².